The standard InChI is InChI=1S/C15H13BrN2OS/c1-20-15-17-9-14(11-4-6-12(16)7-5-11)18(15)10-13-3-2-8-19-13/h2-9H,10H2,1H3. The molecule has 2 aromatic heterocycles. The lowest BCUT2D eigenvalue weighted by Gasteiger charge is -2.09. The van der Waals surface area contributed by atoms with Gasteiger partial charge in [0.1, 0.15) is 5.76 Å². The van der Waals surface area contributed by atoms with Gasteiger partial charge in [0, 0.05) is 4.47 Å². The highest BCUT2D eigenvalue weighted by molar-refractivity contribution is 9.10. The first kappa shape index (κ1) is 13.5. The van der Waals surface area contributed by atoms with Crippen molar-refractivity contribution in [1.29, 1.82) is 0 Å². The molecular weight excluding hydrogens is 336 g/mol. The second-order valence-corrected chi connectivity index (χ2v) is 5.99. The van der Waals surface area contributed by atoms with Gasteiger partial charge in [-0.3, -0.25) is 0 Å². The third kappa shape index (κ3) is 2.69. The van der Waals surface area contributed by atoms with Crippen LogP contribution >= 0.6 is 27.7 Å². The maximum atomic E-state index is 5.45. The molecule has 102 valence electrons. The summed E-state index contributed by atoms with van der Waals surface area (Å²) in [5, 5.41) is 0.985. The van der Waals surface area contributed by atoms with Gasteiger partial charge in [-0.15, -0.1) is 0 Å². The van der Waals surface area contributed by atoms with Gasteiger partial charge in [0.25, 0.3) is 0 Å². The number of thioether (sulfide) groups is 1. The Morgan fingerprint density at radius 2 is 2.05 bits per heavy atom. The van der Waals surface area contributed by atoms with Gasteiger partial charge in [-0.05, 0) is 36.1 Å². The van der Waals surface area contributed by atoms with E-state index >= 15 is 0 Å². The highest BCUT2D eigenvalue weighted by Crippen LogP contribution is 2.27. The predicted molar refractivity (Wildman–Crippen MR) is 85.0 cm³/mol. The minimum Gasteiger partial charge on any atom is -0.467 e. The van der Waals surface area contributed by atoms with Crippen molar-refractivity contribution in [3.8, 4) is 11.3 Å². The van der Waals surface area contributed by atoms with Crippen molar-refractivity contribution in [2.75, 3.05) is 6.26 Å². The molecule has 20 heavy (non-hydrogen) atoms. The zero-order valence-corrected chi connectivity index (χ0v) is 13.3. The number of nitrogens with zero attached hydrogens (tertiary/aromatic N) is 2. The Morgan fingerprint density at radius 3 is 2.70 bits per heavy atom. The van der Waals surface area contributed by atoms with E-state index in [1.54, 1.807) is 18.0 Å². The summed E-state index contributed by atoms with van der Waals surface area (Å²) in [5.74, 6) is 0.927. The second-order valence-electron chi connectivity index (χ2n) is 4.30. The molecule has 0 atom stereocenters. The van der Waals surface area contributed by atoms with Gasteiger partial charge in [0.15, 0.2) is 5.16 Å². The number of benzene rings is 1. The Balaban J connectivity index is 2.02. The SMILES string of the molecule is CSc1ncc(-c2ccc(Br)cc2)n1Cc1ccco1. The van der Waals surface area contributed by atoms with Crippen LogP contribution in [0.5, 0.6) is 0 Å². The highest BCUT2D eigenvalue weighted by atomic mass is 79.9. The molecule has 0 saturated carbocycles. The maximum Gasteiger partial charge on any atom is 0.168 e. The zero-order valence-electron chi connectivity index (χ0n) is 10.9. The Hall–Kier alpha value is -1.46. The number of hydrogen-bond donors (Lipinski definition) is 0. The molecule has 0 radical (unpaired) electrons. The maximum absolute atomic E-state index is 5.45. The molecule has 0 amide bonds. The van der Waals surface area contributed by atoms with Gasteiger partial charge in [0.2, 0.25) is 0 Å². The summed E-state index contributed by atoms with van der Waals surface area (Å²) in [6.07, 6.45) is 5.65. The largest absolute Gasteiger partial charge is 0.467 e. The van der Waals surface area contributed by atoms with E-state index in [0.29, 0.717) is 6.54 Å². The molecule has 0 bridgehead atoms. The van der Waals surface area contributed by atoms with E-state index in [9.17, 15) is 0 Å². The van der Waals surface area contributed by atoms with Crippen molar-refractivity contribution in [1.82, 2.24) is 9.55 Å². The van der Waals surface area contributed by atoms with Gasteiger partial charge >= 0.3 is 0 Å². The lowest BCUT2D eigenvalue weighted by molar-refractivity contribution is 0.485. The van der Waals surface area contributed by atoms with Crippen LogP contribution in [0.4, 0.5) is 0 Å². The quantitative estimate of drug-likeness (QED) is 0.641. The summed E-state index contributed by atoms with van der Waals surface area (Å²) < 4.78 is 8.70. The summed E-state index contributed by atoms with van der Waals surface area (Å²) in [7, 11) is 0. The summed E-state index contributed by atoms with van der Waals surface area (Å²) in [6, 6.07) is 12.1. The Bertz CT molecular complexity index is 689. The Morgan fingerprint density at radius 1 is 1.25 bits per heavy atom. The van der Waals surface area contributed by atoms with Crippen LogP contribution in [0.2, 0.25) is 0 Å². The van der Waals surface area contributed by atoms with E-state index in [4.69, 9.17) is 4.42 Å². The van der Waals surface area contributed by atoms with Crippen LogP contribution in [-0.2, 0) is 6.54 Å². The van der Waals surface area contributed by atoms with E-state index < -0.39 is 0 Å². The van der Waals surface area contributed by atoms with Crippen LogP contribution in [0.1, 0.15) is 5.76 Å². The minimum absolute atomic E-state index is 0.689. The number of rotatable bonds is 4. The molecule has 0 aliphatic carbocycles. The van der Waals surface area contributed by atoms with Gasteiger partial charge in [-0.2, -0.15) is 0 Å². The van der Waals surface area contributed by atoms with E-state index in [2.05, 4.69) is 37.6 Å². The zero-order chi connectivity index (χ0) is 13.9. The molecule has 0 aliphatic rings. The van der Waals surface area contributed by atoms with Crippen LogP contribution in [0.25, 0.3) is 11.3 Å². The summed E-state index contributed by atoms with van der Waals surface area (Å²) in [4.78, 5) is 4.49. The van der Waals surface area contributed by atoms with Gasteiger partial charge in [-0.25, -0.2) is 4.98 Å². The predicted octanol–water partition coefficient (Wildman–Crippen LogP) is 4.68. The monoisotopic (exact) mass is 348 g/mol. The van der Waals surface area contributed by atoms with E-state index in [1.807, 2.05) is 36.7 Å². The first-order valence-corrected chi connectivity index (χ1v) is 8.17. The van der Waals surface area contributed by atoms with E-state index in [1.165, 1.54) is 0 Å². The summed E-state index contributed by atoms with van der Waals surface area (Å²) in [6.45, 7) is 0.689. The Labute approximate surface area is 130 Å². The number of halogens is 1. The van der Waals surface area contributed by atoms with Crippen molar-refractivity contribution in [2.24, 2.45) is 0 Å². The molecule has 0 saturated heterocycles. The van der Waals surface area contributed by atoms with Crippen molar-refractivity contribution in [3.05, 3.63) is 59.1 Å². The van der Waals surface area contributed by atoms with Crippen molar-refractivity contribution >= 4 is 27.7 Å². The number of imidazole rings is 1. The Kier molecular flexibility index (Phi) is 3.98. The lowest BCUT2D eigenvalue weighted by Crippen LogP contribution is -2.02. The molecule has 3 nitrogen and oxygen atoms in total. The third-order valence-corrected chi connectivity index (χ3v) is 4.26. The molecule has 0 spiro atoms. The van der Waals surface area contributed by atoms with Gasteiger partial charge < -0.3 is 8.98 Å². The summed E-state index contributed by atoms with van der Waals surface area (Å²) in [5.41, 5.74) is 2.24. The number of hydrogen-bond acceptors (Lipinski definition) is 3. The number of furan rings is 1. The fraction of sp³-hybridized carbons (Fsp3) is 0.133. The first-order valence-electron chi connectivity index (χ1n) is 6.16. The minimum atomic E-state index is 0.689. The van der Waals surface area contributed by atoms with Crippen LogP contribution < -0.4 is 0 Å². The van der Waals surface area contributed by atoms with Crippen LogP contribution in [0.15, 0.2) is 62.9 Å². The van der Waals surface area contributed by atoms with E-state index in [0.717, 1.165) is 26.6 Å². The molecular formula is C15H13BrN2OS. The first-order chi connectivity index (χ1) is 9.78. The molecule has 0 aliphatic heterocycles. The molecule has 0 fully saturated rings. The second kappa shape index (κ2) is 5.89. The lowest BCUT2D eigenvalue weighted by atomic mass is 10.2. The number of aromatic nitrogens is 2. The average Bonchev–Trinajstić information content (AvgIpc) is 3.10. The van der Waals surface area contributed by atoms with Crippen LogP contribution in [0.3, 0.4) is 0 Å². The molecule has 0 unspecified atom stereocenters. The fourth-order valence-corrected chi connectivity index (χ4v) is 2.89. The topological polar surface area (TPSA) is 31.0 Å². The van der Waals surface area contributed by atoms with Crippen molar-refractivity contribution in [2.45, 2.75) is 11.7 Å². The third-order valence-electron chi connectivity index (χ3n) is 3.04. The molecule has 2 heterocycles. The highest BCUT2D eigenvalue weighted by Gasteiger charge is 2.12. The van der Waals surface area contributed by atoms with Crippen molar-refractivity contribution in [3.63, 3.8) is 0 Å². The summed E-state index contributed by atoms with van der Waals surface area (Å²) >= 11 is 5.10. The molecule has 3 aromatic rings. The normalized spacial score (nSPS) is 10.9. The molecule has 3 rings (SSSR count). The smallest absolute Gasteiger partial charge is 0.168 e. The molecule has 0 N–H and O–H groups in total. The average molecular weight is 349 g/mol. The fourth-order valence-electron chi connectivity index (χ4n) is 2.08. The van der Waals surface area contributed by atoms with Gasteiger partial charge in [0.05, 0.1) is 24.7 Å². The van der Waals surface area contributed by atoms with Crippen LogP contribution in [-0.4, -0.2) is 15.8 Å². The molecule has 5 heteroatoms. The van der Waals surface area contributed by atoms with Gasteiger partial charge in [-0.1, -0.05) is 39.8 Å². The molecule has 1 aromatic carbocycles. The van der Waals surface area contributed by atoms with Crippen molar-refractivity contribution < 1.29 is 4.42 Å². The van der Waals surface area contributed by atoms with E-state index in [-0.39, 0.29) is 0 Å². The van der Waals surface area contributed by atoms with Crippen LogP contribution in [0, 0.1) is 0 Å².